The van der Waals surface area contributed by atoms with Crippen molar-refractivity contribution in [1.82, 2.24) is 0 Å². The van der Waals surface area contributed by atoms with Crippen LogP contribution in [0.1, 0.15) is 0 Å². The molecule has 0 aromatic rings. The van der Waals surface area contributed by atoms with Crippen molar-refractivity contribution < 1.29 is 30.2 Å². The molecule has 1 aliphatic rings. The molecule has 1 aliphatic heterocycles. The highest BCUT2D eigenvalue weighted by molar-refractivity contribution is 4.86. The van der Waals surface area contributed by atoms with Crippen LogP contribution in [0.5, 0.6) is 0 Å². The van der Waals surface area contributed by atoms with E-state index in [1.165, 1.54) is 0 Å². The number of ether oxygens (including phenoxy) is 1. The van der Waals surface area contributed by atoms with Gasteiger partial charge in [-0.1, -0.05) is 0 Å². The molecular weight excluding hydrogens is 168 g/mol. The molecule has 6 nitrogen and oxygen atoms in total. The van der Waals surface area contributed by atoms with E-state index >= 15 is 0 Å². The molecular formula is C6H12O6. The largest absolute Gasteiger partial charge is 0.394 e. The maximum Gasteiger partial charge on any atom is 0.149 e. The third-order valence-electron chi connectivity index (χ3n) is 1.88. The second kappa shape index (κ2) is 4.13. The van der Waals surface area contributed by atoms with Crippen molar-refractivity contribution >= 4 is 0 Å². The lowest BCUT2D eigenvalue weighted by Gasteiger charge is -2.35. The Morgan fingerprint density at radius 1 is 1.42 bits per heavy atom. The van der Waals surface area contributed by atoms with Gasteiger partial charge < -0.3 is 20.1 Å². The number of aliphatic hydroxyl groups is 3. The normalized spacial score (nSPS) is 43.0. The highest BCUT2D eigenvalue weighted by Crippen LogP contribution is 2.17. The van der Waals surface area contributed by atoms with Gasteiger partial charge in [-0.25, -0.2) is 4.89 Å². The molecule has 0 spiro atoms. The van der Waals surface area contributed by atoms with Crippen molar-refractivity contribution in [2.75, 3.05) is 13.2 Å². The molecule has 12 heavy (non-hydrogen) atoms. The molecule has 4 N–H and O–H groups in total. The molecule has 1 saturated heterocycles. The summed E-state index contributed by atoms with van der Waals surface area (Å²) in [6.07, 6.45) is -4.22. The van der Waals surface area contributed by atoms with Crippen LogP contribution in [0.15, 0.2) is 0 Å². The third-order valence-corrected chi connectivity index (χ3v) is 1.88. The minimum absolute atomic E-state index is 0.0771. The van der Waals surface area contributed by atoms with E-state index in [9.17, 15) is 5.11 Å². The summed E-state index contributed by atoms with van der Waals surface area (Å²) in [4.78, 5) is 3.88. The smallest absolute Gasteiger partial charge is 0.149 e. The van der Waals surface area contributed by atoms with Gasteiger partial charge in [-0.05, 0) is 0 Å². The van der Waals surface area contributed by atoms with E-state index in [1.807, 2.05) is 0 Å². The number of aliphatic hydroxyl groups excluding tert-OH is 3. The van der Waals surface area contributed by atoms with Gasteiger partial charge in [0.1, 0.15) is 24.4 Å². The molecule has 1 fully saturated rings. The van der Waals surface area contributed by atoms with Crippen molar-refractivity contribution in [2.24, 2.45) is 0 Å². The Bertz CT molecular complexity index is 138. The standard InChI is InChI=1S/C6H12O6/c7-1-4-6(12-10)5(9)3(8)2-11-4/h3-10H,1-2H2/t3-,4+,5+,6+/m0/s1. The van der Waals surface area contributed by atoms with E-state index in [-0.39, 0.29) is 13.2 Å². The first-order chi connectivity index (χ1) is 5.70. The second-order valence-electron chi connectivity index (χ2n) is 2.68. The summed E-state index contributed by atoms with van der Waals surface area (Å²) in [7, 11) is 0. The van der Waals surface area contributed by atoms with Gasteiger partial charge in [0.15, 0.2) is 0 Å². The Kier molecular flexibility index (Phi) is 3.39. The molecule has 0 aromatic carbocycles. The Morgan fingerprint density at radius 3 is 2.58 bits per heavy atom. The number of rotatable bonds is 2. The zero-order valence-electron chi connectivity index (χ0n) is 6.33. The van der Waals surface area contributed by atoms with E-state index in [1.54, 1.807) is 0 Å². The Labute approximate surface area is 68.9 Å². The maximum absolute atomic E-state index is 9.21. The van der Waals surface area contributed by atoms with Gasteiger partial charge >= 0.3 is 0 Å². The quantitative estimate of drug-likeness (QED) is 0.288. The van der Waals surface area contributed by atoms with Crippen LogP contribution in [0.2, 0.25) is 0 Å². The molecule has 0 aliphatic carbocycles. The van der Waals surface area contributed by atoms with Gasteiger partial charge in [0, 0.05) is 0 Å². The first-order valence-corrected chi connectivity index (χ1v) is 3.59. The summed E-state index contributed by atoms with van der Waals surface area (Å²) < 4.78 is 4.87. The molecule has 0 amide bonds. The average molecular weight is 180 g/mol. The first-order valence-electron chi connectivity index (χ1n) is 3.59. The van der Waals surface area contributed by atoms with Gasteiger partial charge in [0.25, 0.3) is 0 Å². The zero-order chi connectivity index (χ0) is 9.14. The monoisotopic (exact) mass is 180 g/mol. The number of hydrogen-bond donors (Lipinski definition) is 4. The Balaban J connectivity index is 2.58. The van der Waals surface area contributed by atoms with Crippen LogP contribution in [-0.4, -0.2) is 58.2 Å². The fourth-order valence-electron chi connectivity index (χ4n) is 1.14. The Morgan fingerprint density at radius 2 is 2.08 bits per heavy atom. The predicted molar refractivity (Wildman–Crippen MR) is 36.3 cm³/mol. The lowest BCUT2D eigenvalue weighted by Crippen LogP contribution is -2.54. The summed E-state index contributed by atoms with van der Waals surface area (Å²) in [5, 5.41) is 35.3. The van der Waals surface area contributed by atoms with Gasteiger partial charge in [-0.2, -0.15) is 0 Å². The van der Waals surface area contributed by atoms with Crippen molar-refractivity contribution in [3.05, 3.63) is 0 Å². The van der Waals surface area contributed by atoms with Crippen LogP contribution in [-0.2, 0) is 9.62 Å². The summed E-state index contributed by atoms with van der Waals surface area (Å²) in [5.74, 6) is 0. The van der Waals surface area contributed by atoms with Gasteiger partial charge in [-0.3, -0.25) is 5.26 Å². The van der Waals surface area contributed by atoms with Crippen LogP contribution < -0.4 is 0 Å². The fraction of sp³-hybridized carbons (Fsp3) is 1.00. The summed E-state index contributed by atoms with van der Waals surface area (Å²) in [6, 6.07) is 0. The zero-order valence-corrected chi connectivity index (χ0v) is 6.33. The van der Waals surface area contributed by atoms with Crippen molar-refractivity contribution in [3.8, 4) is 0 Å². The topological polar surface area (TPSA) is 99.4 Å². The average Bonchev–Trinajstić information content (AvgIpc) is 2.09. The van der Waals surface area contributed by atoms with Crippen LogP contribution in [0.4, 0.5) is 0 Å². The van der Waals surface area contributed by atoms with E-state index in [0.29, 0.717) is 0 Å². The SMILES string of the molecule is OC[C@H]1OC[C@H](O)[C@@H](O)[C@@H]1OO. The molecule has 1 rings (SSSR count). The van der Waals surface area contributed by atoms with Crippen LogP contribution >= 0.6 is 0 Å². The highest BCUT2D eigenvalue weighted by Gasteiger charge is 2.39. The van der Waals surface area contributed by atoms with Gasteiger partial charge in [0.2, 0.25) is 0 Å². The van der Waals surface area contributed by atoms with Crippen molar-refractivity contribution in [1.29, 1.82) is 0 Å². The lowest BCUT2D eigenvalue weighted by atomic mass is 10.0. The first kappa shape index (κ1) is 9.85. The van der Waals surface area contributed by atoms with E-state index < -0.39 is 24.4 Å². The third kappa shape index (κ3) is 1.74. The maximum atomic E-state index is 9.21. The molecule has 0 unspecified atom stereocenters. The van der Waals surface area contributed by atoms with Gasteiger partial charge in [0.05, 0.1) is 13.2 Å². The molecule has 1 heterocycles. The molecule has 0 bridgehead atoms. The molecule has 6 heteroatoms. The molecule has 0 radical (unpaired) electrons. The fourth-order valence-corrected chi connectivity index (χ4v) is 1.14. The van der Waals surface area contributed by atoms with Gasteiger partial charge in [-0.15, -0.1) is 0 Å². The highest BCUT2D eigenvalue weighted by atomic mass is 17.1. The van der Waals surface area contributed by atoms with E-state index in [4.69, 9.17) is 20.2 Å². The van der Waals surface area contributed by atoms with Crippen LogP contribution in [0.25, 0.3) is 0 Å². The molecule has 72 valence electrons. The second-order valence-corrected chi connectivity index (χ2v) is 2.68. The van der Waals surface area contributed by atoms with Crippen LogP contribution in [0.3, 0.4) is 0 Å². The Hall–Kier alpha value is -0.240. The lowest BCUT2D eigenvalue weighted by molar-refractivity contribution is -0.343. The predicted octanol–water partition coefficient (Wildman–Crippen LogP) is -2.04. The van der Waals surface area contributed by atoms with Crippen molar-refractivity contribution in [3.63, 3.8) is 0 Å². The van der Waals surface area contributed by atoms with E-state index in [2.05, 4.69) is 4.89 Å². The van der Waals surface area contributed by atoms with Crippen LogP contribution in [0, 0.1) is 0 Å². The molecule has 4 atom stereocenters. The summed E-state index contributed by atoms with van der Waals surface area (Å²) in [6.45, 7) is -0.457. The molecule has 0 saturated carbocycles. The number of hydrogen-bond acceptors (Lipinski definition) is 6. The summed E-state index contributed by atoms with van der Waals surface area (Å²) >= 11 is 0. The van der Waals surface area contributed by atoms with Crippen molar-refractivity contribution in [2.45, 2.75) is 24.4 Å². The van der Waals surface area contributed by atoms with E-state index in [0.717, 1.165) is 0 Å². The molecule has 0 aromatic heterocycles. The minimum Gasteiger partial charge on any atom is -0.394 e. The minimum atomic E-state index is -1.24. The summed E-state index contributed by atoms with van der Waals surface area (Å²) in [5.41, 5.74) is 0.